The van der Waals surface area contributed by atoms with Gasteiger partial charge in [-0.15, -0.1) is 0 Å². The van der Waals surface area contributed by atoms with Crippen LogP contribution in [0.3, 0.4) is 0 Å². The number of benzene rings is 1. The van der Waals surface area contributed by atoms with Gasteiger partial charge in [-0.3, -0.25) is 9.52 Å². The lowest BCUT2D eigenvalue weighted by atomic mass is 10.3. The Hall–Kier alpha value is -2.39. The second-order valence-corrected chi connectivity index (χ2v) is 5.64. The van der Waals surface area contributed by atoms with E-state index in [-0.39, 0.29) is 23.9 Å². The van der Waals surface area contributed by atoms with Crippen molar-refractivity contribution in [2.45, 2.75) is 4.90 Å². The normalized spacial score (nSPS) is 11.1. The molecule has 21 heavy (non-hydrogen) atoms. The molecule has 2 aromatic rings. The molecule has 0 bridgehead atoms. The number of sulfonamides is 1. The molecule has 0 spiro atoms. The van der Waals surface area contributed by atoms with Crippen molar-refractivity contribution in [3.8, 4) is 5.75 Å². The van der Waals surface area contributed by atoms with Crippen LogP contribution in [0.4, 0.5) is 5.82 Å². The molecule has 8 nitrogen and oxygen atoms in total. The standard InChI is InChI=1S/C12H13N3O5S/c16-7-8-20-9-1-3-10(4-2-9)21(18,19)15-11-5-6-12(17)14-13-11/h1-6,16H,7-8H2,(H,13,15)(H,14,17). The Morgan fingerprint density at radius 2 is 1.90 bits per heavy atom. The summed E-state index contributed by atoms with van der Waals surface area (Å²) < 4.78 is 31.5. The Morgan fingerprint density at radius 1 is 1.19 bits per heavy atom. The quantitative estimate of drug-likeness (QED) is 0.687. The fraction of sp³-hybridized carbons (Fsp3) is 0.167. The summed E-state index contributed by atoms with van der Waals surface area (Å²) in [4.78, 5) is 10.9. The first-order valence-corrected chi connectivity index (χ1v) is 7.42. The van der Waals surface area contributed by atoms with E-state index in [9.17, 15) is 13.2 Å². The maximum atomic E-state index is 12.1. The van der Waals surface area contributed by atoms with Crippen LogP contribution in [0.25, 0.3) is 0 Å². The summed E-state index contributed by atoms with van der Waals surface area (Å²) in [5, 5.41) is 14.3. The van der Waals surface area contributed by atoms with Crippen LogP contribution in [0.2, 0.25) is 0 Å². The molecule has 0 aliphatic carbocycles. The molecule has 2 rings (SSSR count). The van der Waals surface area contributed by atoms with Crippen molar-refractivity contribution < 1.29 is 18.3 Å². The molecule has 1 aromatic carbocycles. The highest BCUT2D eigenvalue weighted by Crippen LogP contribution is 2.17. The summed E-state index contributed by atoms with van der Waals surface area (Å²) in [5.41, 5.74) is -0.427. The van der Waals surface area contributed by atoms with Gasteiger partial charge in [-0.05, 0) is 30.3 Å². The van der Waals surface area contributed by atoms with Gasteiger partial charge in [-0.2, -0.15) is 5.10 Å². The van der Waals surface area contributed by atoms with E-state index < -0.39 is 15.6 Å². The number of aromatic amines is 1. The number of hydrogen-bond donors (Lipinski definition) is 3. The predicted octanol–water partition coefficient (Wildman–Crippen LogP) is -0.0582. The fourth-order valence-electron chi connectivity index (χ4n) is 1.48. The van der Waals surface area contributed by atoms with Crippen LogP contribution in [0, 0.1) is 0 Å². The molecule has 9 heteroatoms. The highest BCUT2D eigenvalue weighted by molar-refractivity contribution is 7.92. The minimum Gasteiger partial charge on any atom is -0.491 e. The largest absolute Gasteiger partial charge is 0.491 e. The molecule has 1 heterocycles. The summed E-state index contributed by atoms with van der Waals surface area (Å²) in [5.74, 6) is 0.459. The van der Waals surface area contributed by atoms with E-state index in [1.54, 1.807) is 0 Å². The summed E-state index contributed by atoms with van der Waals surface area (Å²) in [6, 6.07) is 8.10. The van der Waals surface area contributed by atoms with Crippen molar-refractivity contribution in [1.82, 2.24) is 10.2 Å². The zero-order valence-electron chi connectivity index (χ0n) is 10.8. The van der Waals surface area contributed by atoms with E-state index in [0.29, 0.717) is 5.75 Å². The average molecular weight is 311 g/mol. The predicted molar refractivity (Wildman–Crippen MR) is 74.7 cm³/mol. The van der Waals surface area contributed by atoms with Crippen LogP contribution < -0.4 is 15.0 Å². The van der Waals surface area contributed by atoms with Gasteiger partial charge in [-0.1, -0.05) is 0 Å². The number of nitrogens with zero attached hydrogens (tertiary/aromatic N) is 1. The van der Waals surface area contributed by atoms with Crippen molar-refractivity contribution in [2.75, 3.05) is 17.9 Å². The maximum absolute atomic E-state index is 12.1. The number of aliphatic hydroxyl groups excluding tert-OH is 1. The average Bonchev–Trinajstić information content (AvgIpc) is 2.48. The molecule has 0 saturated carbocycles. The number of H-pyrrole nitrogens is 1. The molecular weight excluding hydrogens is 298 g/mol. The van der Waals surface area contributed by atoms with E-state index in [1.807, 2.05) is 0 Å². The number of rotatable bonds is 6. The molecule has 0 aliphatic rings. The Kier molecular flexibility index (Phi) is 4.55. The summed E-state index contributed by atoms with van der Waals surface area (Å²) in [7, 11) is -3.80. The summed E-state index contributed by atoms with van der Waals surface area (Å²) in [6.45, 7) is 0.00509. The molecule has 0 saturated heterocycles. The van der Waals surface area contributed by atoms with Gasteiger partial charge in [0.2, 0.25) is 0 Å². The van der Waals surface area contributed by atoms with Crippen LogP contribution in [0.15, 0.2) is 46.1 Å². The molecule has 0 atom stereocenters. The van der Waals surface area contributed by atoms with Gasteiger partial charge in [0.05, 0.1) is 11.5 Å². The van der Waals surface area contributed by atoms with Crippen LogP contribution in [0.1, 0.15) is 0 Å². The van der Waals surface area contributed by atoms with Gasteiger partial charge in [0.15, 0.2) is 5.82 Å². The first kappa shape index (κ1) is 15.0. The van der Waals surface area contributed by atoms with Gasteiger partial charge in [-0.25, -0.2) is 13.5 Å². The Morgan fingerprint density at radius 3 is 2.48 bits per heavy atom. The SMILES string of the molecule is O=c1ccc(NS(=O)(=O)c2ccc(OCCO)cc2)n[nH]1. The maximum Gasteiger partial charge on any atom is 0.264 e. The van der Waals surface area contributed by atoms with Crippen LogP contribution in [0.5, 0.6) is 5.75 Å². The number of aliphatic hydroxyl groups is 1. The Bertz CT molecular complexity index is 735. The molecule has 0 aliphatic heterocycles. The van der Waals surface area contributed by atoms with Crippen molar-refractivity contribution >= 4 is 15.8 Å². The van der Waals surface area contributed by atoms with E-state index in [1.165, 1.54) is 30.3 Å². The molecule has 0 amide bonds. The number of aromatic nitrogens is 2. The molecule has 112 valence electrons. The first-order chi connectivity index (χ1) is 10.0. The van der Waals surface area contributed by atoms with Gasteiger partial charge < -0.3 is 9.84 Å². The van der Waals surface area contributed by atoms with E-state index in [4.69, 9.17) is 9.84 Å². The molecule has 0 unspecified atom stereocenters. The molecule has 3 N–H and O–H groups in total. The Labute approximate surface area is 120 Å². The van der Waals surface area contributed by atoms with Gasteiger partial charge in [0.1, 0.15) is 12.4 Å². The number of hydrogen-bond acceptors (Lipinski definition) is 6. The summed E-state index contributed by atoms with van der Waals surface area (Å²) in [6.07, 6.45) is 0. The van der Waals surface area contributed by atoms with Crippen molar-refractivity contribution in [1.29, 1.82) is 0 Å². The third-order valence-electron chi connectivity index (χ3n) is 2.41. The van der Waals surface area contributed by atoms with Crippen LogP contribution in [-0.4, -0.2) is 36.9 Å². The monoisotopic (exact) mass is 311 g/mol. The van der Waals surface area contributed by atoms with Crippen LogP contribution >= 0.6 is 0 Å². The lowest BCUT2D eigenvalue weighted by Crippen LogP contribution is -2.16. The van der Waals surface area contributed by atoms with Crippen molar-refractivity contribution in [2.24, 2.45) is 0 Å². The van der Waals surface area contributed by atoms with Gasteiger partial charge >= 0.3 is 0 Å². The smallest absolute Gasteiger partial charge is 0.264 e. The summed E-state index contributed by atoms with van der Waals surface area (Å²) >= 11 is 0. The molecule has 1 aromatic heterocycles. The van der Waals surface area contributed by atoms with Crippen LogP contribution in [-0.2, 0) is 10.0 Å². The highest BCUT2D eigenvalue weighted by Gasteiger charge is 2.14. The number of anilines is 1. The highest BCUT2D eigenvalue weighted by atomic mass is 32.2. The number of nitrogens with one attached hydrogen (secondary N) is 2. The first-order valence-electron chi connectivity index (χ1n) is 5.93. The van der Waals surface area contributed by atoms with E-state index in [0.717, 1.165) is 6.07 Å². The second kappa shape index (κ2) is 6.37. The minimum atomic E-state index is -3.80. The Balaban J connectivity index is 2.15. The zero-order valence-corrected chi connectivity index (χ0v) is 11.6. The fourth-order valence-corrected chi connectivity index (χ4v) is 2.48. The lowest BCUT2D eigenvalue weighted by molar-refractivity contribution is 0.201. The molecule has 0 radical (unpaired) electrons. The zero-order chi connectivity index (χ0) is 15.3. The van der Waals surface area contributed by atoms with Gasteiger partial charge in [0, 0.05) is 6.07 Å². The molecule has 0 fully saturated rings. The number of ether oxygens (including phenoxy) is 1. The van der Waals surface area contributed by atoms with E-state index >= 15 is 0 Å². The van der Waals surface area contributed by atoms with Crippen molar-refractivity contribution in [3.05, 3.63) is 46.8 Å². The topological polar surface area (TPSA) is 121 Å². The third kappa shape index (κ3) is 4.04. The minimum absolute atomic E-state index is 0.00945. The van der Waals surface area contributed by atoms with Gasteiger partial charge in [0.25, 0.3) is 15.6 Å². The van der Waals surface area contributed by atoms with Crippen molar-refractivity contribution in [3.63, 3.8) is 0 Å². The van der Waals surface area contributed by atoms with E-state index in [2.05, 4.69) is 14.9 Å². The molecular formula is C12H13N3O5S. The second-order valence-electron chi connectivity index (χ2n) is 3.96. The third-order valence-corrected chi connectivity index (χ3v) is 3.78. The lowest BCUT2D eigenvalue weighted by Gasteiger charge is -2.08.